The summed E-state index contributed by atoms with van der Waals surface area (Å²) in [5.41, 5.74) is 6.39. The van der Waals surface area contributed by atoms with Gasteiger partial charge in [-0.2, -0.15) is 0 Å². The Morgan fingerprint density at radius 3 is 2.80 bits per heavy atom. The van der Waals surface area contributed by atoms with E-state index < -0.39 is 15.9 Å². The first-order chi connectivity index (χ1) is 14.2. The summed E-state index contributed by atoms with van der Waals surface area (Å²) in [5, 5.41) is 1.99. The number of rotatable bonds is 9. The van der Waals surface area contributed by atoms with Gasteiger partial charge in [0.25, 0.3) is 5.91 Å². The van der Waals surface area contributed by atoms with Crippen molar-refractivity contribution in [1.82, 2.24) is 14.6 Å². The molecule has 30 heavy (non-hydrogen) atoms. The number of amides is 1. The van der Waals surface area contributed by atoms with E-state index in [1.165, 1.54) is 0 Å². The summed E-state index contributed by atoms with van der Waals surface area (Å²) in [6, 6.07) is 3.76. The third-order valence-corrected chi connectivity index (χ3v) is 8.84. The number of hydrogen-bond acceptors (Lipinski definition) is 6. The number of thioether (sulfide) groups is 1. The molecule has 0 spiro atoms. The quantitative estimate of drug-likeness (QED) is 0.595. The van der Waals surface area contributed by atoms with Crippen LogP contribution in [-0.2, 0) is 16.4 Å². The SMILES string of the molecule is C[C@H](CCc1ncccc1C(N)=O)N1CCC(NS(=O)(=O)CC2(C)C=CSC2)CC1. The minimum Gasteiger partial charge on any atom is -0.366 e. The molecule has 1 fully saturated rings. The van der Waals surface area contributed by atoms with Crippen LogP contribution in [0.2, 0.25) is 0 Å². The second kappa shape index (κ2) is 9.80. The van der Waals surface area contributed by atoms with Crippen LogP contribution in [0.4, 0.5) is 0 Å². The molecule has 1 unspecified atom stereocenters. The Bertz CT molecular complexity index is 882. The molecule has 166 valence electrons. The van der Waals surface area contributed by atoms with Gasteiger partial charge in [-0.25, -0.2) is 13.1 Å². The van der Waals surface area contributed by atoms with E-state index in [9.17, 15) is 13.2 Å². The van der Waals surface area contributed by atoms with Crippen LogP contribution >= 0.6 is 11.8 Å². The number of carbonyl (C=O) groups excluding carboxylic acids is 1. The molecular weight excluding hydrogens is 420 g/mol. The molecule has 2 aliphatic rings. The highest BCUT2D eigenvalue weighted by Crippen LogP contribution is 2.33. The van der Waals surface area contributed by atoms with Gasteiger partial charge in [-0.05, 0) is 63.2 Å². The third-order valence-electron chi connectivity index (χ3n) is 5.95. The molecule has 3 N–H and O–H groups in total. The van der Waals surface area contributed by atoms with E-state index in [1.54, 1.807) is 30.1 Å². The number of piperidine rings is 1. The zero-order valence-corrected chi connectivity index (χ0v) is 19.3. The number of aromatic nitrogens is 1. The van der Waals surface area contributed by atoms with E-state index in [-0.39, 0.29) is 17.2 Å². The Balaban J connectivity index is 1.46. The van der Waals surface area contributed by atoms with Gasteiger partial charge in [-0.15, -0.1) is 11.8 Å². The molecular formula is C21H32N4O3S2. The van der Waals surface area contributed by atoms with Crippen LogP contribution in [0.25, 0.3) is 0 Å². The number of carbonyl (C=O) groups is 1. The fourth-order valence-corrected chi connectivity index (χ4v) is 7.29. The van der Waals surface area contributed by atoms with Crippen LogP contribution in [-0.4, -0.2) is 60.9 Å². The second-order valence-corrected chi connectivity index (χ2v) is 11.4. The molecule has 0 aromatic carbocycles. The number of likely N-dealkylation sites (tertiary alicyclic amines) is 1. The summed E-state index contributed by atoms with van der Waals surface area (Å²) in [6.07, 6.45) is 6.87. The van der Waals surface area contributed by atoms with E-state index in [0.29, 0.717) is 18.0 Å². The van der Waals surface area contributed by atoms with Gasteiger partial charge in [0.2, 0.25) is 10.0 Å². The summed E-state index contributed by atoms with van der Waals surface area (Å²) < 4.78 is 28.1. The molecule has 0 saturated carbocycles. The number of nitrogens with one attached hydrogen (secondary N) is 1. The van der Waals surface area contributed by atoms with E-state index in [1.807, 2.05) is 18.4 Å². The van der Waals surface area contributed by atoms with Crippen LogP contribution in [0, 0.1) is 5.41 Å². The van der Waals surface area contributed by atoms with Gasteiger partial charge in [-0.1, -0.05) is 13.0 Å². The first kappa shape index (κ1) is 23.2. The molecule has 1 amide bonds. The summed E-state index contributed by atoms with van der Waals surface area (Å²) >= 11 is 1.67. The predicted molar refractivity (Wildman–Crippen MR) is 122 cm³/mol. The fourth-order valence-electron chi connectivity index (χ4n) is 4.17. The maximum atomic E-state index is 12.6. The monoisotopic (exact) mass is 452 g/mol. The summed E-state index contributed by atoms with van der Waals surface area (Å²) in [5.74, 6) is 0.517. The standard InChI is InChI=1S/C21H32N4O3S2/c1-16(5-6-19-18(20(22)26)4-3-10-23-19)25-11-7-17(8-12-25)24-30(27,28)15-21(2)9-13-29-14-21/h3-4,9-10,13,16-17,24H,5-8,11-12,14-15H2,1-2H3,(H2,22,26)/t16-,21?/m1/s1. The lowest BCUT2D eigenvalue weighted by atomic mass is 9.97. The maximum Gasteiger partial charge on any atom is 0.250 e. The zero-order valence-electron chi connectivity index (χ0n) is 17.7. The summed E-state index contributed by atoms with van der Waals surface area (Å²) in [4.78, 5) is 18.3. The molecule has 3 heterocycles. The highest BCUT2D eigenvalue weighted by atomic mass is 32.2. The molecule has 0 bridgehead atoms. The lowest BCUT2D eigenvalue weighted by Crippen LogP contribution is -2.48. The highest BCUT2D eigenvalue weighted by molar-refractivity contribution is 8.02. The molecule has 0 radical (unpaired) electrons. The Labute approximate surface area is 183 Å². The average Bonchev–Trinajstić information content (AvgIpc) is 3.11. The first-order valence-corrected chi connectivity index (χ1v) is 13.1. The number of nitrogens with zero attached hydrogens (tertiary/aromatic N) is 2. The second-order valence-electron chi connectivity index (χ2n) is 8.70. The Kier molecular flexibility index (Phi) is 7.60. The van der Waals surface area contributed by atoms with Gasteiger partial charge in [-0.3, -0.25) is 9.78 Å². The van der Waals surface area contributed by atoms with Crippen molar-refractivity contribution >= 4 is 27.7 Å². The smallest absolute Gasteiger partial charge is 0.250 e. The molecule has 0 aliphatic carbocycles. The molecule has 1 saturated heterocycles. The largest absolute Gasteiger partial charge is 0.366 e. The Morgan fingerprint density at radius 2 is 2.17 bits per heavy atom. The van der Waals surface area contributed by atoms with Gasteiger partial charge in [0.1, 0.15) is 0 Å². The van der Waals surface area contributed by atoms with Crippen molar-refractivity contribution in [2.24, 2.45) is 11.1 Å². The van der Waals surface area contributed by atoms with Gasteiger partial charge in [0, 0.05) is 29.4 Å². The minimum absolute atomic E-state index is 0.00246. The van der Waals surface area contributed by atoms with Crippen LogP contribution in [0.1, 0.15) is 49.2 Å². The van der Waals surface area contributed by atoms with Crippen LogP contribution in [0.3, 0.4) is 0 Å². The summed E-state index contributed by atoms with van der Waals surface area (Å²) in [7, 11) is -3.31. The number of allylic oxidation sites excluding steroid dienone is 1. The Hall–Kier alpha value is -1.42. The number of sulfonamides is 1. The molecule has 1 aromatic heterocycles. The van der Waals surface area contributed by atoms with E-state index in [0.717, 1.165) is 43.8 Å². The zero-order chi connectivity index (χ0) is 21.8. The average molecular weight is 453 g/mol. The first-order valence-electron chi connectivity index (χ1n) is 10.4. The van der Waals surface area contributed by atoms with Gasteiger partial charge < -0.3 is 10.6 Å². The van der Waals surface area contributed by atoms with Crippen molar-refractivity contribution in [3.63, 3.8) is 0 Å². The lowest BCUT2D eigenvalue weighted by Gasteiger charge is -2.36. The fraction of sp³-hybridized carbons (Fsp3) is 0.619. The normalized spacial score (nSPS) is 24.2. The van der Waals surface area contributed by atoms with Crippen molar-refractivity contribution in [3.8, 4) is 0 Å². The maximum absolute atomic E-state index is 12.6. The highest BCUT2D eigenvalue weighted by Gasteiger charge is 2.33. The van der Waals surface area contributed by atoms with E-state index >= 15 is 0 Å². The third kappa shape index (κ3) is 6.29. The molecule has 2 aliphatic heterocycles. The van der Waals surface area contributed by atoms with Gasteiger partial charge in [0.15, 0.2) is 0 Å². The van der Waals surface area contributed by atoms with Crippen LogP contribution in [0.5, 0.6) is 0 Å². The predicted octanol–water partition coefficient (Wildman–Crippen LogP) is 2.15. The number of hydrogen-bond donors (Lipinski definition) is 2. The molecule has 3 rings (SSSR count). The lowest BCUT2D eigenvalue weighted by molar-refractivity contribution is 0.0998. The van der Waals surface area contributed by atoms with Gasteiger partial charge >= 0.3 is 0 Å². The van der Waals surface area contributed by atoms with Crippen molar-refractivity contribution in [3.05, 3.63) is 41.1 Å². The molecule has 9 heteroatoms. The number of primary amides is 1. The number of nitrogens with two attached hydrogens (primary N) is 1. The van der Waals surface area contributed by atoms with E-state index in [2.05, 4.69) is 21.5 Å². The molecule has 1 aromatic rings. The Morgan fingerprint density at radius 1 is 1.43 bits per heavy atom. The molecule has 7 nitrogen and oxygen atoms in total. The summed E-state index contributed by atoms with van der Waals surface area (Å²) in [6.45, 7) is 5.87. The van der Waals surface area contributed by atoms with Crippen LogP contribution < -0.4 is 10.5 Å². The van der Waals surface area contributed by atoms with Crippen LogP contribution in [0.15, 0.2) is 29.8 Å². The van der Waals surface area contributed by atoms with Crippen molar-refractivity contribution in [2.45, 2.75) is 51.6 Å². The van der Waals surface area contributed by atoms with Crippen molar-refractivity contribution in [1.29, 1.82) is 0 Å². The van der Waals surface area contributed by atoms with Gasteiger partial charge in [0.05, 0.1) is 17.0 Å². The number of aryl methyl sites for hydroxylation is 1. The van der Waals surface area contributed by atoms with Crippen molar-refractivity contribution in [2.75, 3.05) is 24.6 Å². The van der Waals surface area contributed by atoms with E-state index in [4.69, 9.17) is 5.73 Å². The number of pyridine rings is 1. The van der Waals surface area contributed by atoms with Crippen molar-refractivity contribution < 1.29 is 13.2 Å². The minimum atomic E-state index is -3.31. The molecule has 2 atom stereocenters. The topological polar surface area (TPSA) is 105 Å².